The molecule has 3 atom stereocenters. The zero-order chi connectivity index (χ0) is 34.5. The van der Waals surface area contributed by atoms with Gasteiger partial charge in [-0.1, -0.05) is 98.8 Å². The van der Waals surface area contributed by atoms with Crippen LogP contribution in [0.4, 0.5) is 14.5 Å². The van der Waals surface area contributed by atoms with Crippen LogP contribution in [0.3, 0.4) is 0 Å². The number of halogens is 2. The summed E-state index contributed by atoms with van der Waals surface area (Å²) in [4.78, 5) is 2.48. The van der Waals surface area contributed by atoms with Crippen molar-refractivity contribution in [1.82, 2.24) is 0 Å². The molecule has 3 unspecified atom stereocenters. The maximum atomic E-state index is 15.4. The van der Waals surface area contributed by atoms with E-state index in [9.17, 15) is 4.39 Å². The van der Waals surface area contributed by atoms with Crippen LogP contribution in [-0.2, 0) is 11.0 Å². The van der Waals surface area contributed by atoms with Crippen LogP contribution in [0.25, 0.3) is 34.1 Å². The molecule has 5 aromatic carbocycles. The summed E-state index contributed by atoms with van der Waals surface area (Å²) in [7, 11) is 0. The van der Waals surface area contributed by atoms with Crippen LogP contribution < -0.4 is 9.64 Å². The average molecular weight is 672 g/mol. The molecular formula is C47H39F2NO. The number of hydrogen-bond acceptors (Lipinski definition) is 2. The van der Waals surface area contributed by atoms with E-state index in [0.717, 1.165) is 62.8 Å². The van der Waals surface area contributed by atoms with Crippen molar-refractivity contribution in [1.29, 1.82) is 0 Å². The number of rotatable bonds is 3. The number of anilines is 1. The minimum absolute atomic E-state index is 0.0546. The molecule has 10 rings (SSSR count). The second kappa shape index (κ2) is 11.1. The van der Waals surface area contributed by atoms with Gasteiger partial charge < -0.3 is 9.64 Å². The Balaban J connectivity index is 1.24. The Kier molecular flexibility index (Phi) is 6.68. The molecule has 5 aliphatic rings. The zero-order valence-electron chi connectivity index (χ0n) is 28.9. The predicted octanol–water partition coefficient (Wildman–Crippen LogP) is 11.6. The maximum Gasteiger partial charge on any atom is 0.175 e. The molecule has 4 heteroatoms. The third-order valence-corrected chi connectivity index (χ3v) is 12.2. The molecule has 0 spiro atoms. The molecule has 0 saturated carbocycles. The van der Waals surface area contributed by atoms with E-state index >= 15 is 4.39 Å². The number of nitrogens with zero attached hydrogens (tertiary/aromatic N) is 1. The van der Waals surface area contributed by atoms with Crippen molar-refractivity contribution in [3.8, 4) is 16.9 Å². The molecule has 2 nitrogen and oxygen atoms in total. The Labute approximate surface area is 298 Å². The van der Waals surface area contributed by atoms with Gasteiger partial charge in [0.05, 0.1) is 0 Å². The molecule has 1 saturated heterocycles. The van der Waals surface area contributed by atoms with Crippen LogP contribution in [0.5, 0.6) is 5.75 Å². The van der Waals surface area contributed by atoms with Crippen molar-refractivity contribution < 1.29 is 13.5 Å². The Morgan fingerprint density at radius 3 is 2.33 bits per heavy atom. The molecule has 0 amide bonds. The van der Waals surface area contributed by atoms with Gasteiger partial charge in [-0.15, -0.1) is 0 Å². The highest BCUT2D eigenvalue weighted by Crippen LogP contribution is 2.60. The lowest BCUT2D eigenvalue weighted by molar-refractivity contribution is 0.148. The summed E-state index contributed by atoms with van der Waals surface area (Å²) in [5, 5.41) is 1.64. The first-order chi connectivity index (χ1) is 24.8. The molecule has 0 radical (unpaired) electrons. The van der Waals surface area contributed by atoms with E-state index in [4.69, 9.17) is 4.74 Å². The van der Waals surface area contributed by atoms with Gasteiger partial charge in [0.25, 0.3) is 0 Å². The summed E-state index contributed by atoms with van der Waals surface area (Å²) in [5.74, 6) is 0.304. The number of fused-ring (bicyclic) bond motifs is 11. The monoisotopic (exact) mass is 671 g/mol. The molecule has 0 bridgehead atoms. The van der Waals surface area contributed by atoms with Crippen molar-refractivity contribution >= 4 is 28.6 Å². The minimum atomic E-state index is -0.978. The average Bonchev–Trinajstić information content (AvgIpc) is 3.40. The molecule has 2 aliphatic heterocycles. The zero-order valence-corrected chi connectivity index (χ0v) is 28.9. The van der Waals surface area contributed by atoms with Gasteiger partial charge in [0, 0.05) is 52.5 Å². The smallest absolute Gasteiger partial charge is 0.175 e. The van der Waals surface area contributed by atoms with Crippen LogP contribution >= 0.6 is 0 Å². The standard InChI is InChI=1S/C47H39F2NO/c1-46(2)41-28-32(49)17-21-38(41)43-37-20-16-31(48)27-40(37)45-39(44(43)46)22-23-47(51-45,30-14-18-33(19-15-30)50-24-8-3-9-25-50)42-26-29-10-4-5-11-34(29)35-12-6-7-13-36(35)42/h4-7,10-23,26-28,35-36H,3,8-9,24-25H2,1-2H3. The molecule has 1 fully saturated rings. The van der Waals surface area contributed by atoms with Gasteiger partial charge in [-0.05, 0) is 106 Å². The third-order valence-electron chi connectivity index (χ3n) is 12.2. The van der Waals surface area contributed by atoms with Gasteiger partial charge in [0.1, 0.15) is 17.4 Å². The summed E-state index contributed by atoms with van der Waals surface area (Å²) < 4.78 is 37.8. The van der Waals surface area contributed by atoms with E-state index in [1.807, 2.05) is 12.1 Å². The van der Waals surface area contributed by atoms with Gasteiger partial charge in [0.15, 0.2) is 5.60 Å². The van der Waals surface area contributed by atoms with Crippen molar-refractivity contribution in [3.63, 3.8) is 0 Å². The molecule has 51 heavy (non-hydrogen) atoms. The van der Waals surface area contributed by atoms with E-state index < -0.39 is 11.0 Å². The first-order valence-electron chi connectivity index (χ1n) is 18.3. The lowest BCUT2D eigenvalue weighted by atomic mass is 9.66. The van der Waals surface area contributed by atoms with Gasteiger partial charge in [-0.2, -0.15) is 0 Å². The fourth-order valence-electron chi connectivity index (χ4n) is 9.74. The summed E-state index contributed by atoms with van der Waals surface area (Å²) in [6.07, 6.45) is 19.4. The lowest BCUT2D eigenvalue weighted by Crippen LogP contribution is -2.40. The predicted molar refractivity (Wildman–Crippen MR) is 204 cm³/mol. The van der Waals surface area contributed by atoms with E-state index in [2.05, 4.69) is 110 Å². The van der Waals surface area contributed by atoms with Crippen molar-refractivity contribution in [2.24, 2.45) is 5.92 Å². The molecule has 2 heterocycles. The molecule has 252 valence electrons. The summed E-state index contributed by atoms with van der Waals surface area (Å²) >= 11 is 0. The second-order valence-corrected chi connectivity index (χ2v) is 15.3. The summed E-state index contributed by atoms with van der Waals surface area (Å²) in [6.45, 7) is 6.46. The Hall–Kier alpha value is -5.22. The number of allylic oxidation sites excluding steroid dienone is 4. The van der Waals surface area contributed by atoms with Gasteiger partial charge in [0.2, 0.25) is 0 Å². The summed E-state index contributed by atoms with van der Waals surface area (Å²) in [5.41, 5.74) is 9.38. The van der Waals surface area contributed by atoms with E-state index in [-0.39, 0.29) is 23.5 Å². The highest BCUT2D eigenvalue weighted by molar-refractivity contribution is 6.08. The highest BCUT2D eigenvalue weighted by Gasteiger charge is 2.48. The third kappa shape index (κ3) is 4.45. The number of ether oxygens (including phenoxy) is 1. The van der Waals surface area contributed by atoms with Gasteiger partial charge in [-0.25, -0.2) is 8.78 Å². The first-order valence-corrected chi connectivity index (χ1v) is 18.3. The Morgan fingerprint density at radius 1 is 0.765 bits per heavy atom. The van der Waals surface area contributed by atoms with E-state index in [1.165, 1.54) is 48.2 Å². The second-order valence-electron chi connectivity index (χ2n) is 15.3. The molecule has 3 aliphatic carbocycles. The fraction of sp³-hybridized carbons (Fsp3) is 0.234. The quantitative estimate of drug-likeness (QED) is 0.189. The summed E-state index contributed by atoms with van der Waals surface area (Å²) in [6, 6.07) is 27.7. The Morgan fingerprint density at radius 2 is 1.51 bits per heavy atom. The van der Waals surface area contributed by atoms with Crippen LogP contribution in [-0.4, -0.2) is 13.1 Å². The normalized spacial score (nSPS) is 23.5. The number of benzene rings is 5. The SMILES string of the molecule is CC1(C)c2cc(F)ccc2-c2c1c1c(c3cc(F)ccc23)OC(C2=Cc3ccccc3C3C=CC=CC23)(c2ccc(N3CCCCC3)cc2)C=C1. The van der Waals surface area contributed by atoms with Gasteiger partial charge >= 0.3 is 0 Å². The molecule has 0 N–H and O–H groups in total. The minimum Gasteiger partial charge on any atom is -0.473 e. The van der Waals surface area contributed by atoms with Crippen LogP contribution in [0.1, 0.15) is 72.4 Å². The highest BCUT2D eigenvalue weighted by atomic mass is 19.1. The lowest BCUT2D eigenvalue weighted by Gasteiger charge is -2.45. The largest absolute Gasteiger partial charge is 0.473 e. The van der Waals surface area contributed by atoms with Crippen LogP contribution in [0.2, 0.25) is 0 Å². The van der Waals surface area contributed by atoms with Crippen LogP contribution in [0.15, 0.2) is 121 Å². The van der Waals surface area contributed by atoms with Crippen LogP contribution in [0, 0.1) is 17.6 Å². The van der Waals surface area contributed by atoms with Crippen molar-refractivity contribution in [3.05, 3.63) is 166 Å². The topological polar surface area (TPSA) is 12.5 Å². The maximum absolute atomic E-state index is 15.4. The molecular weight excluding hydrogens is 633 g/mol. The fourth-order valence-corrected chi connectivity index (χ4v) is 9.74. The van der Waals surface area contributed by atoms with Crippen molar-refractivity contribution in [2.75, 3.05) is 18.0 Å². The first kappa shape index (κ1) is 30.6. The molecule has 0 aromatic heterocycles. The number of hydrogen-bond donors (Lipinski definition) is 0. The Bertz CT molecular complexity index is 2390. The molecule has 5 aromatic rings. The van der Waals surface area contributed by atoms with Gasteiger partial charge in [-0.3, -0.25) is 0 Å². The number of piperidine rings is 1. The van der Waals surface area contributed by atoms with Crippen molar-refractivity contribution in [2.45, 2.75) is 50.0 Å². The van der Waals surface area contributed by atoms with E-state index in [1.54, 1.807) is 12.1 Å². The van der Waals surface area contributed by atoms with E-state index in [0.29, 0.717) is 5.75 Å².